The summed E-state index contributed by atoms with van der Waals surface area (Å²) in [5.41, 5.74) is 1.51. The second-order valence-corrected chi connectivity index (χ2v) is 4.68. The first kappa shape index (κ1) is 13.3. The van der Waals surface area contributed by atoms with Gasteiger partial charge in [-0.2, -0.15) is 0 Å². The minimum Gasteiger partial charge on any atom is -0.480 e. The van der Waals surface area contributed by atoms with Gasteiger partial charge in [-0.25, -0.2) is 4.79 Å². The molecule has 1 aliphatic carbocycles. The van der Waals surface area contributed by atoms with Crippen molar-refractivity contribution in [1.29, 1.82) is 0 Å². The fraction of sp³-hybridized carbons (Fsp3) is 0.357. The summed E-state index contributed by atoms with van der Waals surface area (Å²) < 4.78 is 0. The lowest BCUT2D eigenvalue weighted by Gasteiger charge is -2.28. The highest BCUT2D eigenvalue weighted by Gasteiger charge is 2.37. The standard InChI is InChI=1S/C14H15NO4/c1-8(16)15-12(14(18)19)11-7-6-9-4-2-3-5-10(9)13(11)17/h2-5,11-12H,6-7H2,1H3,(H,15,16)(H,18,19). The second-order valence-electron chi connectivity index (χ2n) is 4.68. The van der Waals surface area contributed by atoms with E-state index in [4.69, 9.17) is 0 Å². The van der Waals surface area contributed by atoms with Gasteiger partial charge in [-0.1, -0.05) is 24.3 Å². The number of nitrogens with one attached hydrogen (secondary N) is 1. The Morgan fingerprint density at radius 3 is 2.68 bits per heavy atom. The molecule has 5 heteroatoms. The Morgan fingerprint density at radius 2 is 2.05 bits per heavy atom. The molecule has 0 heterocycles. The number of Topliss-reactive ketones (excluding diaryl/α,β-unsaturated/α-hetero) is 1. The lowest BCUT2D eigenvalue weighted by atomic mass is 9.79. The quantitative estimate of drug-likeness (QED) is 0.851. The summed E-state index contributed by atoms with van der Waals surface area (Å²) in [6.07, 6.45) is 1.09. The predicted octanol–water partition coefficient (Wildman–Crippen LogP) is 1.02. The Balaban J connectivity index is 2.29. The predicted molar refractivity (Wildman–Crippen MR) is 67.8 cm³/mol. The summed E-state index contributed by atoms with van der Waals surface area (Å²) in [4.78, 5) is 34.6. The number of aryl methyl sites for hydroxylation is 1. The van der Waals surface area contributed by atoms with Crippen LogP contribution in [0, 0.1) is 5.92 Å². The highest BCUT2D eigenvalue weighted by Crippen LogP contribution is 2.27. The third-order valence-corrected chi connectivity index (χ3v) is 3.37. The van der Waals surface area contributed by atoms with Gasteiger partial charge in [0, 0.05) is 12.5 Å². The third-order valence-electron chi connectivity index (χ3n) is 3.37. The molecular weight excluding hydrogens is 246 g/mol. The van der Waals surface area contributed by atoms with Crippen LogP contribution in [0.1, 0.15) is 29.3 Å². The van der Waals surface area contributed by atoms with Crippen molar-refractivity contribution in [1.82, 2.24) is 5.32 Å². The molecule has 0 radical (unpaired) electrons. The smallest absolute Gasteiger partial charge is 0.326 e. The molecule has 19 heavy (non-hydrogen) atoms. The van der Waals surface area contributed by atoms with E-state index >= 15 is 0 Å². The molecule has 1 aromatic rings. The first-order valence-corrected chi connectivity index (χ1v) is 6.12. The van der Waals surface area contributed by atoms with Gasteiger partial charge >= 0.3 is 5.97 Å². The zero-order chi connectivity index (χ0) is 14.0. The minimum atomic E-state index is -1.17. The maximum Gasteiger partial charge on any atom is 0.326 e. The zero-order valence-electron chi connectivity index (χ0n) is 10.6. The van der Waals surface area contributed by atoms with Crippen molar-refractivity contribution in [2.45, 2.75) is 25.8 Å². The molecule has 1 amide bonds. The van der Waals surface area contributed by atoms with Gasteiger partial charge in [0.1, 0.15) is 6.04 Å². The SMILES string of the molecule is CC(=O)NC(C(=O)O)C1CCc2ccccc2C1=O. The van der Waals surface area contributed by atoms with Crippen LogP contribution in [-0.2, 0) is 16.0 Å². The lowest BCUT2D eigenvalue weighted by Crippen LogP contribution is -2.49. The van der Waals surface area contributed by atoms with Gasteiger partial charge in [-0.05, 0) is 18.4 Å². The number of carboxylic acid groups (broad SMARTS) is 1. The molecule has 100 valence electrons. The number of aliphatic carboxylic acids is 1. The van der Waals surface area contributed by atoms with E-state index in [1.165, 1.54) is 6.92 Å². The molecule has 0 saturated carbocycles. The first-order valence-electron chi connectivity index (χ1n) is 6.12. The molecular formula is C14H15NO4. The van der Waals surface area contributed by atoms with Crippen LogP contribution < -0.4 is 5.32 Å². The highest BCUT2D eigenvalue weighted by molar-refractivity contribution is 6.03. The molecule has 1 aromatic carbocycles. The topological polar surface area (TPSA) is 83.5 Å². The van der Waals surface area contributed by atoms with Crippen molar-refractivity contribution in [3.8, 4) is 0 Å². The first-order chi connectivity index (χ1) is 9.00. The van der Waals surface area contributed by atoms with E-state index in [1.807, 2.05) is 12.1 Å². The number of carbonyl (C=O) groups is 3. The molecule has 0 aliphatic heterocycles. The summed E-state index contributed by atoms with van der Waals surface area (Å²) in [6.45, 7) is 1.25. The zero-order valence-corrected chi connectivity index (χ0v) is 10.6. The Hall–Kier alpha value is -2.17. The van der Waals surface area contributed by atoms with E-state index < -0.39 is 23.8 Å². The van der Waals surface area contributed by atoms with Gasteiger partial charge in [0.25, 0.3) is 0 Å². The number of carboxylic acids is 1. The number of hydrogen-bond donors (Lipinski definition) is 2. The summed E-state index contributed by atoms with van der Waals surface area (Å²) in [5, 5.41) is 11.5. The van der Waals surface area contributed by atoms with E-state index in [-0.39, 0.29) is 5.78 Å². The van der Waals surface area contributed by atoms with Gasteiger partial charge in [0.05, 0.1) is 5.92 Å². The second kappa shape index (κ2) is 5.22. The largest absolute Gasteiger partial charge is 0.480 e. The van der Waals surface area contributed by atoms with Gasteiger partial charge in [-0.15, -0.1) is 0 Å². The molecule has 0 spiro atoms. The maximum atomic E-state index is 12.3. The van der Waals surface area contributed by atoms with Gasteiger partial charge in [0.15, 0.2) is 5.78 Å². The molecule has 1 aliphatic rings. The average Bonchev–Trinajstić information content (AvgIpc) is 2.37. The molecule has 2 unspecified atom stereocenters. The van der Waals surface area contributed by atoms with Crippen LogP contribution in [0.5, 0.6) is 0 Å². The maximum absolute atomic E-state index is 12.3. The van der Waals surface area contributed by atoms with E-state index in [0.717, 1.165) is 5.56 Å². The van der Waals surface area contributed by atoms with Crippen LogP contribution in [0.4, 0.5) is 0 Å². The summed E-state index contributed by atoms with van der Waals surface area (Å²) >= 11 is 0. The molecule has 2 atom stereocenters. The van der Waals surface area contributed by atoms with Crippen molar-refractivity contribution in [3.05, 3.63) is 35.4 Å². The number of benzene rings is 1. The molecule has 5 nitrogen and oxygen atoms in total. The molecule has 2 rings (SSSR count). The Bertz CT molecular complexity index is 538. The lowest BCUT2D eigenvalue weighted by molar-refractivity contribution is -0.142. The minimum absolute atomic E-state index is 0.206. The summed E-state index contributed by atoms with van der Waals surface area (Å²) in [6, 6.07) is 6.04. The Morgan fingerprint density at radius 1 is 1.37 bits per heavy atom. The number of amides is 1. The number of hydrogen-bond acceptors (Lipinski definition) is 3. The highest BCUT2D eigenvalue weighted by atomic mass is 16.4. The summed E-state index contributed by atoms with van der Waals surface area (Å²) in [7, 11) is 0. The Labute approximate surface area is 110 Å². The summed E-state index contributed by atoms with van der Waals surface area (Å²) in [5.74, 6) is -2.52. The third kappa shape index (κ3) is 2.65. The van der Waals surface area contributed by atoms with Gasteiger partial charge < -0.3 is 10.4 Å². The van der Waals surface area contributed by atoms with Crippen molar-refractivity contribution < 1.29 is 19.5 Å². The van der Waals surface area contributed by atoms with Crippen LogP contribution >= 0.6 is 0 Å². The number of rotatable bonds is 3. The molecule has 0 fully saturated rings. The van der Waals surface area contributed by atoms with Crippen molar-refractivity contribution >= 4 is 17.7 Å². The fourth-order valence-corrected chi connectivity index (χ4v) is 2.49. The monoisotopic (exact) mass is 261 g/mol. The van der Waals surface area contributed by atoms with Crippen molar-refractivity contribution in [2.75, 3.05) is 0 Å². The van der Waals surface area contributed by atoms with Crippen LogP contribution in [0.3, 0.4) is 0 Å². The Kier molecular flexibility index (Phi) is 3.64. The number of fused-ring (bicyclic) bond motifs is 1. The number of carbonyl (C=O) groups excluding carboxylic acids is 2. The van der Waals surface area contributed by atoms with E-state index in [9.17, 15) is 19.5 Å². The van der Waals surface area contributed by atoms with E-state index in [0.29, 0.717) is 18.4 Å². The van der Waals surface area contributed by atoms with Crippen molar-refractivity contribution in [3.63, 3.8) is 0 Å². The van der Waals surface area contributed by atoms with E-state index in [1.54, 1.807) is 12.1 Å². The van der Waals surface area contributed by atoms with Crippen LogP contribution in [0.2, 0.25) is 0 Å². The number of ketones is 1. The molecule has 0 saturated heterocycles. The van der Waals surface area contributed by atoms with Crippen LogP contribution in [-0.4, -0.2) is 28.8 Å². The molecule has 0 aromatic heterocycles. The van der Waals surface area contributed by atoms with Crippen LogP contribution in [0.15, 0.2) is 24.3 Å². The van der Waals surface area contributed by atoms with E-state index in [2.05, 4.69) is 5.32 Å². The van der Waals surface area contributed by atoms with Gasteiger partial charge in [0.2, 0.25) is 5.91 Å². The normalized spacial score (nSPS) is 19.4. The van der Waals surface area contributed by atoms with Crippen LogP contribution in [0.25, 0.3) is 0 Å². The van der Waals surface area contributed by atoms with Crippen molar-refractivity contribution in [2.24, 2.45) is 5.92 Å². The fourth-order valence-electron chi connectivity index (χ4n) is 2.49. The molecule has 0 bridgehead atoms. The molecule has 2 N–H and O–H groups in total. The average molecular weight is 261 g/mol. The van der Waals surface area contributed by atoms with Gasteiger partial charge in [-0.3, -0.25) is 9.59 Å².